The van der Waals surface area contributed by atoms with Gasteiger partial charge in [0.1, 0.15) is 0 Å². The van der Waals surface area contributed by atoms with Crippen LogP contribution in [0.2, 0.25) is 0 Å². The van der Waals surface area contributed by atoms with Crippen LogP contribution in [0.25, 0.3) is 0 Å². The van der Waals surface area contributed by atoms with Gasteiger partial charge in [0.15, 0.2) is 0 Å². The van der Waals surface area contributed by atoms with Crippen molar-refractivity contribution in [1.29, 1.82) is 0 Å². The maximum atomic E-state index is 11.6. The van der Waals surface area contributed by atoms with Crippen molar-refractivity contribution in [2.45, 2.75) is 26.2 Å². The first-order valence-electron chi connectivity index (χ1n) is 5.65. The number of aliphatic hydroxyl groups is 1. The van der Waals surface area contributed by atoms with E-state index >= 15 is 0 Å². The standard InChI is InChI=1S/C11H19N3O2/c1-2-3-9(4-5-15)6-12-11(16)10-7-13-14-8-10/h7-9,15H,2-6H2,1H3,(H,12,16)(H,13,14). The van der Waals surface area contributed by atoms with Crippen molar-refractivity contribution >= 4 is 5.91 Å². The summed E-state index contributed by atoms with van der Waals surface area (Å²) >= 11 is 0. The van der Waals surface area contributed by atoms with Crippen LogP contribution in [0.3, 0.4) is 0 Å². The number of H-pyrrole nitrogens is 1. The lowest BCUT2D eigenvalue weighted by atomic mass is 10.0. The summed E-state index contributed by atoms with van der Waals surface area (Å²) in [4.78, 5) is 11.6. The van der Waals surface area contributed by atoms with E-state index in [4.69, 9.17) is 5.11 Å². The summed E-state index contributed by atoms with van der Waals surface area (Å²) in [6.45, 7) is 2.88. The molecule has 0 saturated heterocycles. The third kappa shape index (κ3) is 4.02. The largest absolute Gasteiger partial charge is 0.396 e. The monoisotopic (exact) mass is 225 g/mol. The first-order valence-corrected chi connectivity index (χ1v) is 5.65. The number of aliphatic hydroxyl groups excluding tert-OH is 1. The van der Waals surface area contributed by atoms with E-state index in [1.54, 1.807) is 6.20 Å². The first-order chi connectivity index (χ1) is 7.77. The summed E-state index contributed by atoms with van der Waals surface area (Å²) in [5, 5.41) is 18.0. The van der Waals surface area contributed by atoms with Gasteiger partial charge >= 0.3 is 0 Å². The van der Waals surface area contributed by atoms with Crippen molar-refractivity contribution in [2.24, 2.45) is 5.92 Å². The Hall–Kier alpha value is -1.36. The maximum Gasteiger partial charge on any atom is 0.254 e. The number of rotatable bonds is 7. The Kier molecular flexibility index (Phi) is 5.56. The molecule has 0 aliphatic carbocycles. The summed E-state index contributed by atoms with van der Waals surface area (Å²) in [7, 11) is 0. The van der Waals surface area contributed by atoms with E-state index in [0.717, 1.165) is 19.3 Å². The van der Waals surface area contributed by atoms with E-state index in [1.807, 2.05) is 0 Å². The zero-order chi connectivity index (χ0) is 11.8. The second-order valence-electron chi connectivity index (χ2n) is 3.86. The number of nitrogens with one attached hydrogen (secondary N) is 2. The highest BCUT2D eigenvalue weighted by atomic mass is 16.3. The minimum absolute atomic E-state index is 0.118. The van der Waals surface area contributed by atoms with Gasteiger partial charge in [-0.05, 0) is 18.8 Å². The number of hydrogen-bond acceptors (Lipinski definition) is 3. The van der Waals surface area contributed by atoms with Crippen molar-refractivity contribution in [1.82, 2.24) is 15.5 Å². The highest BCUT2D eigenvalue weighted by molar-refractivity contribution is 5.93. The van der Waals surface area contributed by atoms with Crippen LogP contribution in [0.1, 0.15) is 36.5 Å². The Labute approximate surface area is 95.3 Å². The zero-order valence-electron chi connectivity index (χ0n) is 9.57. The van der Waals surface area contributed by atoms with Gasteiger partial charge in [-0.25, -0.2) is 0 Å². The maximum absolute atomic E-state index is 11.6. The van der Waals surface area contributed by atoms with Gasteiger partial charge in [-0.3, -0.25) is 9.89 Å². The highest BCUT2D eigenvalue weighted by Gasteiger charge is 2.11. The first kappa shape index (κ1) is 12.7. The molecular weight excluding hydrogens is 206 g/mol. The lowest BCUT2D eigenvalue weighted by Gasteiger charge is -2.15. The molecule has 0 aliphatic rings. The summed E-state index contributed by atoms with van der Waals surface area (Å²) in [5.74, 6) is 0.235. The summed E-state index contributed by atoms with van der Waals surface area (Å²) in [6.07, 6.45) is 5.88. The Bertz CT molecular complexity index is 292. The Morgan fingerprint density at radius 3 is 3.00 bits per heavy atom. The van der Waals surface area contributed by atoms with Crippen molar-refractivity contribution in [2.75, 3.05) is 13.2 Å². The van der Waals surface area contributed by atoms with Gasteiger partial charge in [0.05, 0.1) is 11.8 Å². The van der Waals surface area contributed by atoms with Gasteiger partial charge in [-0.1, -0.05) is 13.3 Å². The fourth-order valence-corrected chi connectivity index (χ4v) is 1.65. The topological polar surface area (TPSA) is 78.0 Å². The van der Waals surface area contributed by atoms with Crippen LogP contribution >= 0.6 is 0 Å². The second kappa shape index (κ2) is 7.00. The zero-order valence-corrected chi connectivity index (χ0v) is 9.57. The molecule has 0 spiro atoms. The molecule has 0 saturated carbocycles. The summed E-state index contributed by atoms with van der Waals surface area (Å²) < 4.78 is 0. The Morgan fingerprint density at radius 2 is 2.44 bits per heavy atom. The molecule has 0 aromatic carbocycles. The van der Waals surface area contributed by atoms with Crippen LogP contribution in [-0.4, -0.2) is 34.4 Å². The number of amides is 1. The molecule has 0 radical (unpaired) electrons. The molecule has 1 rings (SSSR count). The van der Waals surface area contributed by atoms with E-state index in [1.165, 1.54) is 6.20 Å². The molecule has 0 aliphatic heterocycles. The van der Waals surface area contributed by atoms with Gasteiger partial charge in [0.2, 0.25) is 0 Å². The molecule has 1 amide bonds. The van der Waals surface area contributed by atoms with Crippen LogP contribution in [0, 0.1) is 5.92 Å². The fourth-order valence-electron chi connectivity index (χ4n) is 1.65. The van der Waals surface area contributed by atoms with Gasteiger partial charge in [-0.15, -0.1) is 0 Å². The summed E-state index contributed by atoms with van der Waals surface area (Å²) in [6, 6.07) is 0. The molecule has 1 atom stereocenters. The van der Waals surface area contributed by atoms with Gasteiger partial charge < -0.3 is 10.4 Å². The number of carbonyl (C=O) groups is 1. The predicted molar refractivity (Wildman–Crippen MR) is 61.0 cm³/mol. The lowest BCUT2D eigenvalue weighted by Crippen LogP contribution is -2.29. The normalized spacial score (nSPS) is 12.4. The molecule has 5 nitrogen and oxygen atoms in total. The van der Waals surface area contributed by atoms with E-state index in [-0.39, 0.29) is 12.5 Å². The quantitative estimate of drug-likeness (QED) is 0.646. The number of hydrogen-bond donors (Lipinski definition) is 3. The second-order valence-corrected chi connectivity index (χ2v) is 3.86. The lowest BCUT2D eigenvalue weighted by molar-refractivity contribution is 0.0943. The SMILES string of the molecule is CCCC(CCO)CNC(=O)c1cn[nH]c1. The number of aromatic amines is 1. The van der Waals surface area contributed by atoms with Gasteiger partial charge in [0.25, 0.3) is 5.91 Å². The molecule has 16 heavy (non-hydrogen) atoms. The molecule has 1 unspecified atom stereocenters. The smallest absolute Gasteiger partial charge is 0.254 e. The fraction of sp³-hybridized carbons (Fsp3) is 0.636. The molecule has 3 N–H and O–H groups in total. The molecule has 1 heterocycles. The molecule has 5 heteroatoms. The van der Waals surface area contributed by atoms with Crippen molar-refractivity contribution < 1.29 is 9.90 Å². The van der Waals surface area contributed by atoms with E-state index in [2.05, 4.69) is 22.4 Å². The van der Waals surface area contributed by atoms with Crippen LogP contribution in [0.15, 0.2) is 12.4 Å². The number of nitrogens with zero attached hydrogens (tertiary/aromatic N) is 1. The van der Waals surface area contributed by atoms with Crippen molar-refractivity contribution in [3.05, 3.63) is 18.0 Å². The molecule has 1 aromatic heterocycles. The van der Waals surface area contributed by atoms with Gasteiger partial charge in [-0.2, -0.15) is 5.10 Å². The molecule has 0 bridgehead atoms. The van der Waals surface area contributed by atoms with Gasteiger partial charge in [0, 0.05) is 19.3 Å². The van der Waals surface area contributed by atoms with Crippen molar-refractivity contribution in [3.63, 3.8) is 0 Å². The number of aromatic nitrogens is 2. The van der Waals surface area contributed by atoms with Crippen LogP contribution < -0.4 is 5.32 Å². The minimum atomic E-state index is -0.118. The molecular formula is C11H19N3O2. The molecule has 1 aromatic rings. The van der Waals surface area contributed by atoms with Crippen molar-refractivity contribution in [3.8, 4) is 0 Å². The van der Waals surface area contributed by atoms with Crippen LogP contribution in [-0.2, 0) is 0 Å². The highest BCUT2D eigenvalue weighted by Crippen LogP contribution is 2.09. The Morgan fingerprint density at radius 1 is 1.62 bits per heavy atom. The van der Waals surface area contributed by atoms with Crippen LogP contribution in [0.4, 0.5) is 0 Å². The summed E-state index contributed by atoms with van der Waals surface area (Å²) in [5.41, 5.74) is 0.541. The molecule has 0 fully saturated rings. The number of carbonyl (C=O) groups excluding carboxylic acids is 1. The molecule has 90 valence electrons. The third-order valence-corrected chi connectivity index (χ3v) is 2.55. The van der Waals surface area contributed by atoms with E-state index in [0.29, 0.717) is 18.0 Å². The van der Waals surface area contributed by atoms with Crippen LogP contribution in [0.5, 0.6) is 0 Å². The Balaban J connectivity index is 2.34. The van der Waals surface area contributed by atoms with E-state index in [9.17, 15) is 4.79 Å². The average molecular weight is 225 g/mol. The minimum Gasteiger partial charge on any atom is -0.396 e. The third-order valence-electron chi connectivity index (χ3n) is 2.55. The average Bonchev–Trinajstić information content (AvgIpc) is 2.79. The van der Waals surface area contributed by atoms with E-state index < -0.39 is 0 Å². The predicted octanol–water partition coefficient (Wildman–Crippen LogP) is 0.938.